The monoisotopic (exact) mass is 303 g/mol. The largest absolute Gasteiger partial charge is 0.384 e. The summed E-state index contributed by atoms with van der Waals surface area (Å²) in [5.74, 6) is 0.503. The number of anilines is 1. The third-order valence-electron chi connectivity index (χ3n) is 3.18. The standard InChI is InChI=1S/C16H18ClN3O/c1-10(2)12-5-3-11(4-6-12)9-19-16(21)13-7-14(17)20-15(18)8-13/h3-8,10H,9H2,1-2H3,(H2,18,20)(H,19,21). The summed E-state index contributed by atoms with van der Waals surface area (Å²) in [4.78, 5) is 15.9. The van der Waals surface area contributed by atoms with E-state index in [9.17, 15) is 4.79 Å². The Bertz CT molecular complexity index is 618. The number of nitrogen functional groups attached to an aromatic ring is 1. The number of nitrogens with zero attached hydrogens (tertiary/aromatic N) is 1. The molecule has 0 saturated heterocycles. The molecule has 21 heavy (non-hydrogen) atoms. The predicted molar refractivity (Wildman–Crippen MR) is 85.4 cm³/mol. The molecule has 2 rings (SSSR count). The van der Waals surface area contributed by atoms with Crippen molar-refractivity contribution in [3.63, 3.8) is 0 Å². The Kier molecular flexibility index (Phi) is 4.81. The average molecular weight is 304 g/mol. The van der Waals surface area contributed by atoms with Crippen LogP contribution >= 0.6 is 11.6 Å². The molecule has 0 aliphatic rings. The molecule has 0 bridgehead atoms. The number of pyridine rings is 1. The first-order chi connectivity index (χ1) is 9.95. The zero-order chi connectivity index (χ0) is 15.4. The van der Waals surface area contributed by atoms with E-state index in [0.717, 1.165) is 5.56 Å². The molecule has 1 amide bonds. The zero-order valence-corrected chi connectivity index (χ0v) is 12.8. The highest BCUT2D eigenvalue weighted by Crippen LogP contribution is 2.15. The van der Waals surface area contributed by atoms with Gasteiger partial charge in [0, 0.05) is 12.1 Å². The maximum Gasteiger partial charge on any atom is 0.251 e. The van der Waals surface area contributed by atoms with Gasteiger partial charge in [-0.05, 0) is 29.2 Å². The predicted octanol–water partition coefficient (Wildman–Crippen LogP) is 3.37. The maximum atomic E-state index is 12.0. The van der Waals surface area contributed by atoms with E-state index in [-0.39, 0.29) is 16.9 Å². The van der Waals surface area contributed by atoms with E-state index in [1.807, 2.05) is 12.1 Å². The van der Waals surface area contributed by atoms with Gasteiger partial charge in [-0.25, -0.2) is 4.98 Å². The number of carbonyl (C=O) groups is 1. The summed E-state index contributed by atoms with van der Waals surface area (Å²) >= 11 is 5.79. The van der Waals surface area contributed by atoms with Gasteiger partial charge in [-0.15, -0.1) is 0 Å². The molecule has 2 aromatic rings. The zero-order valence-electron chi connectivity index (χ0n) is 12.1. The minimum absolute atomic E-state index is 0.210. The van der Waals surface area contributed by atoms with E-state index >= 15 is 0 Å². The number of amides is 1. The highest BCUT2D eigenvalue weighted by Gasteiger charge is 2.08. The molecule has 1 aromatic carbocycles. The van der Waals surface area contributed by atoms with Gasteiger partial charge in [-0.3, -0.25) is 4.79 Å². The van der Waals surface area contributed by atoms with E-state index < -0.39 is 0 Å². The molecule has 0 fully saturated rings. The van der Waals surface area contributed by atoms with Crippen LogP contribution in [0.25, 0.3) is 0 Å². The Labute approximate surface area is 129 Å². The van der Waals surface area contributed by atoms with E-state index in [2.05, 4.69) is 36.3 Å². The first-order valence-corrected chi connectivity index (χ1v) is 7.13. The van der Waals surface area contributed by atoms with Gasteiger partial charge < -0.3 is 11.1 Å². The van der Waals surface area contributed by atoms with Gasteiger partial charge in [0.05, 0.1) is 0 Å². The van der Waals surface area contributed by atoms with Crippen LogP contribution in [-0.4, -0.2) is 10.9 Å². The molecule has 0 radical (unpaired) electrons. The Hall–Kier alpha value is -2.07. The highest BCUT2D eigenvalue weighted by atomic mass is 35.5. The molecule has 0 unspecified atom stereocenters. The SMILES string of the molecule is CC(C)c1ccc(CNC(=O)c2cc(N)nc(Cl)c2)cc1. The van der Waals surface area contributed by atoms with Crippen LogP contribution in [-0.2, 0) is 6.54 Å². The first-order valence-electron chi connectivity index (χ1n) is 6.76. The van der Waals surface area contributed by atoms with Crippen LogP contribution in [0.4, 0.5) is 5.82 Å². The number of nitrogens with one attached hydrogen (secondary N) is 1. The van der Waals surface area contributed by atoms with Gasteiger partial charge in [0.15, 0.2) is 0 Å². The second-order valence-corrected chi connectivity index (χ2v) is 5.57. The molecule has 0 atom stereocenters. The molecule has 0 saturated carbocycles. The molecule has 1 heterocycles. The second kappa shape index (κ2) is 6.59. The van der Waals surface area contributed by atoms with E-state index in [1.165, 1.54) is 17.7 Å². The summed E-state index contributed by atoms with van der Waals surface area (Å²) in [7, 11) is 0. The summed E-state index contributed by atoms with van der Waals surface area (Å²) in [6.07, 6.45) is 0. The Morgan fingerprint density at radius 1 is 1.29 bits per heavy atom. The number of hydrogen-bond donors (Lipinski definition) is 2. The lowest BCUT2D eigenvalue weighted by Gasteiger charge is -2.09. The minimum Gasteiger partial charge on any atom is -0.384 e. The third-order valence-corrected chi connectivity index (χ3v) is 3.37. The molecule has 0 aliphatic heterocycles. The van der Waals surface area contributed by atoms with Crippen LogP contribution in [0, 0.1) is 0 Å². The van der Waals surface area contributed by atoms with E-state index in [0.29, 0.717) is 18.0 Å². The van der Waals surface area contributed by atoms with Gasteiger partial charge >= 0.3 is 0 Å². The number of halogens is 1. The molecule has 4 nitrogen and oxygen atoms in total. The Balaban J connectivity index is 2.00. The van der Waals surface area contributed by atoms with Crippen LogP contribution in [0.1, 0.15) is 41.3 Å². The van der Waals surface area contributed by atoms with Crippen molar-refractivity contribution >= 4 is 23.3 Å². The number of carbonyl (C=O) groups excluding carboxylic acids is 1. The summed E-state index contributed by atoms with van der Waals surface area (Å²) in [5.41, 5.74) is 8.30. The first kappa shape index (κ1) is 15.3. The normalized spacial score (nSPS) is 10.7. The summed E-state index contributed by atoms with van der Waals surface area (Å²) in [6.45, 7) is 4.75. The van der Waals surface area contributed by atoms with Crippen LogP contribution in [0.3, 0.4) is 0 Å². The second-order valence-electron chi connectivity index (χ2n) is 5.18. The van der Waals surface area contributed by atoms with E-state index in [1.54, 1.807) is 0 Å². The highest BCUT2D eigenvalue weighted by molar-refractivity contribution is 6.29. The van der Waals surface area contributed by atoms with E-state index in [4.69, 9.17) is 17.3 Å². The van der Waals surface area contributed by atoms with Crippen molar-refractivity contribution in [2.45, 2.75) is 26.3 Å². The van der Waals surface area contributed by atoms with Crippen LogP contribution < -0.4 is 11.1 Å². The van der Waals surface area contributed by atoms with Gasteiger partial charge in [-0.2, -0.15) is 0 Å². The molecule has 0 aliphatic carbocycles. The fraction of sp³-hybridized carbons (Fsp3) is 0.250. The third kappa shape index (κ3) is 4.20. The van der Waals surface area contributed by atoms with Crippen molar-refractivity contribution in [3.8, 4) is 0 Å². The van der Waals surface area contributed by atoms with Crippen molar-refractivity contribution < 1.29 is 4.79 Å². The number of aromatic nitrogens is 1. The Morgan fingerprint density at radius 3 is 2.52 bits per heavy atom. The Morgan fingerprint density at radius 2 is 1.95 bits per heavy atom. The summed E-state index contributed by atoms with van der Waals surface area (Å²) in [5, 5.41) is 3.05. The van der Waals surface area contributed by atoms with Crippen molar-refractivity contribution in [2.75, 3.05) is 5.73 Å². The maximum absolute atomic E-state index is 12.0. The lowest BCUT2D eigenvalue weighted by atomic mass is 10.0. The quantitative estimate of drug-likeness (QED) is 0.851. The van der Waals surface area contributed by atoms with Gasteiger partial charge in [0.1, 0.15) is 11.0 Å². The average Bonchev–Trinajstić information content (AvgIpc) is 2.44. The molecular formula is C16H18ClN3O. The summed E-state index contributed by atoms with van der Waals surface area (Å²) < 4.78 is 0. The number of hydrogen-bond acceptors (Lipinski definition) is 3. The number of benzene rings is 1. The molecule has 3 N–H and O–H groups in total. The van der Waals surface area contributed by atoms with Gasteiger partial charge in [0.25, 0.3) is 5.91 Å². The van der Waals surface area contributed by atoms with Crippen LogP contribution in [0.5, 0.6) is 0 Å². The molecule has 0 spiro atoms. The van der Waals surface area contributed by atoms with Crippen LogP contribution in [0.15, 0.2) is 36.4 Å². The number of nitrogens with two attached hydrogens (primary N) is 1. The lowest BCUT2D eigenvalue weighted by Crippen LogP contribution is -2.23. The van der Waals surface area contributed by atoms with Crippen molar-refractivity contribution in [1.82, 2.24) is 10.3 Å². The van der Waals surface area contributed by atoms with Gasteiger partial charge in [0.2, 0.25) is 0 Å². The lowest BCUT2D eigenvalue weighted by molar-refractivity contribution is 0.0951. The molecule has 5 heteroatoms. The molecule has 110 valence electrons. The van der Waals surface area contributed by atoms with Crippen LogP contribution in [0.2, 0.25) is 5.15 Å². The van der Waals surface area contributed by atoms with Gasteiger partial charge in [-0.1, -0.05) is 49.7 Å². The van der Waals surface area contributed by atoms with Crippen molar-refractivity contribution in [1.29, 1.82) is 0 Å². The topological polar surface area (TPSA) is 68.0 Å². The number of rotatable bonds is 4. The minimum atomic E-state index is -0.223. The molecular weight excluding hydrogens is 286 g/mol. The fourth-order valence-corrected chi connectivity index (χ4v) is 2.17. The van der Waals surface area contributed by atoms with Crippen molar-refractivity contribution in [2.24, 2.45) is 0 Å². The smallest absolute Gasteiger partial charge is 0.251 e. The fourth-order valence-electron chi connectivity index (χ4n) is 1.95. The van der Waals surface area contributed by atoms with Crippen molar-refractivity contribution in [3.05, 3.63) is 58.2 Å². The molecule has 1 aromatic heterocycles. The summed E-state index contributed by atoms with van der Waals surface area (Å²) in [6, 6.07) is 11.2.